The Morgan fingerprint density at radius 1 is 1.61 bits per heavy atom. The van der Waals surface area contributed by atoms with Gasteiger partial charge < -0.3 is 16.8 Å². The van der Waals surface area contributed by atoms with Crippen molar-refractivity contribution in [2.24, 2.45) is 22.4 Å². The van der Waals surface area contributed by atoms with E-state index in [-0.39, 0.29) is 23.1 Å². The average Bonchev–Trinajstić information content (AvgIpc) is 3.30. The van der Waals surface area contributed by atoms with Gasteiger partial charge in [-0.2, -0.15) is 9.65 Å². The lowest BCUT2D eigenvalue weighted by atomic mass is 10.1. The molecule has 2 rings (SSSR count). The first-order chi connectivity index (χ1) is 11.0. The van der Waals surface area contributed by atoms with Crippen molar-refractivity contribution in [3.8, 4) is 6.07 Å². The summed E-state index contributed by atoms with van der Waals surface area (Å²) in [6.45, 7) is 0. The number of hydrogen-bond donors (Lipinski definition) is 3. The number of pyridine rings is 1. The fourth-order valence-corrected chi connectivity index (χ4v) is 2.08. The molecule has 8 heteroatoms. The zero-order chi connectivity index (χ0) is 16.8. The molecule has 1 aliphatic rings. The molecule has 0 spiro atoms. The Labute approximate surface area is 132 Å². The van der Waals surface area contributed by atoms with Crippen molar-refractivity contribution < 1.29 is 9.18 Å². The van der Waals surface area contributed by atoms with Gasteiger partial charge in [-0.3, -0.25) is 4.79 Å². The Morgan fingerprint density at radius 3 is 2.91 bits per heavy atom. The number of carbonyl (C=O) groups excluding carboxylic acids is 1. The predicted octanol–water partition coefficient (Wildman–Crippen LogP) is 0.860. The number of aliphatic imine (C=N–C) groups is 1. The number of primary amides is 1. The lowest BCUT2D eigenvalue weighted by Gasteiger charge is -2.14. The van der Waals surface area contributed by atoms with Gasteiger partial charge in [-0.15, -0.1) is 0 Å². The van der Waals surface area contributed by atoms with E-state index in [4.69, 9.17) is 16.7 Å². The highest BCUT2D eigenvalue weighted by Gasteiger charge is 2.30. The van der Waals surface area contributed by atoms with Crippen LogP contribution in [0.4, 0.5) is 10.1 Å². The Balaban J connectivity index is 2.18. The maximum atomic E-state index is 13.0. The molecular weight excluding hydrogens is 299 g/mol. The van der Waals surface area contributed by atoms with Crippen LogP contribution in [0.1, 0.15) is 19.3 Å². The average molecular weight is 316 g/mol. The first-order valence-electron chi connectivity index (χ1n) is 7.10. The number of hydrogen-bond acceptors (Lipinski definition) is 5. The summed E-state index contributed by atoms with van der Waals surface area (Å²) < 4.78 is 13.0. The summed E-state index contributed by atoms with van der Waals surface area (Å²) >= 11 is 0. The maximum Gasteiger partial charge on any atom is 0.253 e. The summed E-state index contributed by atoms with van der Waals surface area (Å²) in [6.07, 6.45) is 5.01. The van der Waals surface area contributed by atoms with Crippen molar-refractivity contribution in [3.63, 3.8) is 0 Å². The van der Waals surface area contributed by atoms with Crippen LogP contribution in [0.15, 0.2) is 35.1 Å². The summed E-state index contributed by atoms with van der Waals surface area (Å²) in [5, 5.41) is 11.8. The van der Waals surface area contributed by atoms with Gasteiger partial charge in [-0.1, -0.05) is 0 Å². The molecule has 23 heavy (non-hydrogen) atoms. The third kappa shape index (κ3) is 4.78. The van der Waals surface area contributed by atoms with Crippen molar-refractivity contribution in [1.29, 1.82) is 5.26 Å². The minimum Gasteiger partial charge on any atom is -0.386 e. The van der Waals surface area contributed by atoms with Gasteiger partial charge in [-0.25, -0.2) is 9.98 Å². The van der Waals surface area contributed by atoms with E-state index in [9.17, 15) is 9.18 Å². The molecule has 0 unspecified atom stereocenters. The second-order valence-corrected chi connectivity index (χ2v) is 5.23. The molecular formula is C15H17FN6O. The molecule has 0 aliphatic heterocycles. The highest BCUT2D eigenvalue weighted by Crippen LogP contribution is 2.33. The van der Waals surface area contributed by atoms with E-state index in [1.54, 1.807) is 0 Å². The minimum absolute atomic E-state index is 0.0224. The van der Waals surface area contributed by atoms with Crippen LogP contribution in [0.25, 0.3) is 0 Å². The van der Waals surface area contributed by atoms with Crippen LogP contribution in [0.2, 0.25) is 0 Å². The summed E-state index contributed by atoms with van der Waals surface area (Å²) in [4.78, 5) is 18.9. The zero-order valence-electron chi connectivity index (χ0n) is 12.4. The molecule has 1 amide bonds. The molecule has 120 valence electrons. The largest absolute Gasteiger partial charge is 0.386 e. The molecule has 7 nitrogen and oxygen atoms in total. The van der Waals surface area contributed by atoms with Crippen molar-refractivity contribution in [2.75, 3.05) is 0 Å². The second-order valence-electron chi connectivity index (χ2n) is 5.23. The van der Waals surface area contributed by atoms with Gasteiger partial charge in [0.15, 0.2) is 0 Å². The minimum atomic E-state index is -0.764. The van der Waals surface area contributed by atoms with Crippen molar-refractivity contribution in [1.82, 2.24) is 10.3 Å². The number of nitrogens with zero attached hydrogens (tertiary/aromatic N) is 3. The normalized spacial score (nSPS) is 16.5. The Kier molecular flexibility index (Phi) is 5.25. The molecule has 1 fully saturated rings. The molecule has 1 atom stereocenters. The van der Waals surface area contributed by atoms with Gasteiger partial charge in [0.2, 0.25) is 5.95 Å². The Bertz CT molecular complexity index is 689. The zero-order valence-corrected chi connectivity index (χ0v) is 12.4. The summed E-state index contributed by atoms with van der Waals surface area (Å²) in [7, 11) is 0. The Hall–Kier alpha value is -2.95. The van der Waals surface area contributed by atoms with Crippen LogP contribution < -0.4 is 16.8 Å². The monoisotopic (exact) mass is 316 g/mol. The SMILES string of the molecule is N#CC[C@H](N/C=C(/C(N)=O)C(N)=Nc1ccnc(F)c1)C1CC1. The predicted molar refractivity (Wildman–Crippen MR) is 82.6 cm³/mol. The second kappa shape index (κ2) is 7.35. The van der Waals surface area contributed by atoms with E-state index in [1.807, 2.05) is 0 Å². The number of nitrogens with two attached hydrogens (primary N) is 2. The third-order valence-corrected chi connectivity index (χ3v) is 3.45. The van der Waals surface area contributed by atoms with Crippen LogP contribution in [0, 0.1) is 23.2 Å². The number of halogens is 1. The lowest BCUT2D eigenvalue weighted by Crippen LogP contribution is -2.32. The first-order valence-corrected chi connectivity index (χ1v) is 7.10. The summed E-state index contributed by atoms with van der Waals surface area (Å²) in [5.74, 6) is -1.20. The lowest BCUT2D eigenvalue weighted by molar-refractivity contribution is -0.114. The number of amidine groups is 1. The third-order valence-electron chi connectivity index (χ3n) is 3.45. The quantitative estimate of drug-likeness (QED) is 0.297. The van der Waals surface area contributed by atoms with Crippen molar-refractivity contribution in [2.45, 2.75) is 25.3 Å². The number of aromatic nitrogens is 1. The summed E-state index contributed by atoms with van der Waals surface area (Å²) in [6, 6.07) is 4.58. The van der Waals surface area contributed by atoms with E-state index >= 15 is 0 Å². The fraction of sp³-hybridized carbons (Fsp3) is 0.333. The molecule has 1 heterocycles. The number of nitriles is 1. The van der Waals surface area contributed by atoms with E-state index in [0.717, 1.165) is 18.9 Å². The maximum absolute atomic E-state index is 13.0. The first kappa shape index (κ1) is 16.4. The standard InChI is InChI=1S/C15H17FN6O/c16-13-7-10(4-6-20-13)22-14(18)11(15(19)23)8-21-12(3-5-17)9-1-2-9/h4,6-9,12,21H,1-3H2,(H2,19,23)(H2,18,20,22)/b11-8+/t12-/m0/s1. The number of amides is 1. The van der Waals surface area contributed by atoms with Crippen LogP contribution in [0.5, 0.6) is 0 Å². The molecule has 1 saturated carbocycles. The van der Waals surface area contributed by atoms with Crippen LogP contribution in [-0.4, -0.2) is 22.8 Å². The molecule has 0 radical (unpaired) electrons. The topological polar surface area (TPSA) is 130 Å². The number of rotatable bonds is 7. The molecule has 1 aliphatic carbocycles. The Morgan fingerprint density at radius 2 is 2.35 bits per heavy atom. The number of carbonyl (C=O) groups is 1. The van der Waals surface area contributed by atoms with Crippen LogP contribution >= 0.6 is 0 Å². The molecule has 0 saturated heterocycles. The molecule has 0 bridgehead atoms. The fourth-order valence-electron chi connectivity index (χ4n) is 2.08. The van der Waals surface area contributed by atoms with Crippen LogP contribution in [-0.2, 0) is 4.79 Å². The van der Waals surface area contributed by atoms with Gasteiger partial charge in [0.05, 0.1) is 23.8 Å². The van der Waals surface area contributed by atoms with Gasteiger partial charge in [0, 0.05) is 24.5 Å². The van der Waals surface area contributed by atoms with E-state index in [2.05, 4.69) is 21.4 Å². The molecule has 1 aromatic heterocycles. The number of nitrogens with one attached hydrogen (secondary N) is 1. The van der Waals surface area contributed by atoms with Crippen LogP contribution in [0.3, 0.4) is 0 Å². The van der Waals surface area contributed by atoms with Gasteiger partial charge in [0.25, 0.3) is 5.91 Å². The summed E-state index contributed by atoms with van der Waals surface area (Å²) in [5.41, 5.74) is 11.3. The van der Waals surface area contributed by atoms with Crippen molar-refractivity contribution >= 4 is 17.4 Å². The van der Waals surface area contributed by atoms with Crippen molar-refractivity contribution in [3.05, 3.63) is 36.1 Å². The van der Waals surface area contributed by atoms with E-state index < -0.39 is 11.9 Å². The van der Waals surface area contributed by atoms with Gasteiger partial charge in [0.1, 0.15) is 5.84 Å². The highest BCUT2D eigenvalue weighted by molar-refractivity contribution is 6.20. The van der Waals surface area contributed by atoms with E-state index in [0.29, 0.717) is 12.3 Å². The van der Waals surface area contributed by atoms with Gasteiger partial charge in [-0.05, 0) is 24.8 Å². The highest BCUT2D eigenvalue weighted by atomic mass is 19.1. The molecule has 0 aromatic carbocycles. The van der Waals surface area contributed by atoms with E-state index in [1.165, 1.54) is 18.5 Å². The molecule has 5 N–H and O–H groups in total. The van der Waals surface area contributed by atoms with Gasteiger partial charge >= 0.3 is 0 Å². The smallest absolute Gasteiger partial charge is 0.253 e. The molecule has 1 aromatic rings.